The van der Waals surface area contributed by atoms with Crippen molar-refractivity contribution in [3.8, 4) is 0 Å². The van der Waals surface area contributed by atoms with Crippen molar-refractivity contribution < 1.29 is 0 Å². The van der Waals surface area contributed by atoms with Gasteiger partial charge in [0.15, 0.2) is 0 Å². The lowest BCUT2D eigenvalue weighted by atomic mass is 10.2. The van der Waals surface area contributed by atoms with Crippen molar-refractivity contribution in [2.24, 2.45) is 0 Å². The molecule has 1 aromatic rings. The molecule has 1 aliphatic rings. The van der Waals surface area contributed by atoms with E-state index in [1.54, 1.807) is 0 Å². The van der Waals surface area contributed by atoms with Crippen LogP contribution in [0.25, 0.3) is 0 Å². The lowest BCUT2D eigenvalue weighted by Crippen LogP contribution is -2.33. The number of rotatable bonds is 4. The van der Waals surface area contributed by atoms with E-state index in [1.165, 1.54) is 29.7 Å². The Labute approximate surface area is 103 Å². The van der Waals surface area contributed by atoms with Crippen molar-refractivity contribution in [2.75, 3.05) is 6.54 Å². The van der Waals surface area contributed by atoms with Crippen molar-refractivity contribution in [1.82, 2.24) is 5.32 Å². The van der Waals surface area contributed by atoms with E-state index in [9.17, 15) is 0 Å². The van der Waals surface area contributed by atoms with Gasteiger partial charge in [0.1, 0.15) is 0 Å². The van der Waals surface area contributed by atoms with Gasteiger partial charge in [0, 0.05) is 16.2 Å². The van der Waals surface area contributed by atoms with Crippen LogP contribution in [-0.2, 0) is 0 Å². The fourth-order valence-electron chi connectivity index (χ4n) is 2.41. The van der Waals surface area contributed by atoms with Crippen LogP contribution in [0, 0.1) is 6.92 Å². The summed E-state index contributed by atoms with van der Waals surface area (Å²) in [5, 5.41) is 4.38. The number of hydrogen-bond donors (Lipinski definition) is 1. The van der Waals surface area contributed by atoms with E-state index in [4.69, 9.17) is 0 Å². The first-order chi connectivity index (χ1) is 7.81. The summed E-state index contributed by atoms with van der Waals surface area (Å²) in [5.74, 6) is 0. The number of thioether (sulfide) groups is 1. The van der Waals surface area contributed by atoms with Crippen molar-refractivity contribution in [3.05, 3.63) is 29.8 Å². The molecule has 2 rings (SSSR count). The van der Waals surface area contributed by atoms with Crippen molar-refractivity contribution in [3.63, 3.8) is 0 Å². The maximum atomic E-state index is 3.61. The molecule has 2 heteroatoms. The van der Waals surface area contributed by atoms with Crippen LogP contribution in [0.5, 0.6) is 0 Å². The Hall–Kier alpha value is -0.470. The van der Waals surface area contributed by atoms with Crippen LogP contribution >= 0.6 is 11.8 Å². The van der Waals surface area contributed by atoms with Crippen LogP contribution in [0.4, 0.5) is 0 Å². The summed E-state index contributed by atoms with van der Waals surface area (Å²) < 4.78 is 0. The second kappa shape index (κ2) is 5.74. The Morgan fingerprint density at radius 1 is 1.31 bits per heavy atom. The van der Waals surface area contributed by atoms with E-state index in [0.29, 0.717) is 0 Å². The number of benzene rings is 1. The summed E-state index contributed by atoms with van der Waals surface area (Å²) >= 11 is 2.06. The summed E-state index contributed by atoms with van der Waals surface area (Å²) in [6, 6.07) is 9.44. The molecule has 1 nitrogen and oxygen atoms in total. The van der Waals surface area contributed by atoms with Gasteiger partial charge in [-0.25, -0.2) is 0 Å². The zero-order valence-corrected chi connectivity index (χ0v) is 11.0. The molecule has 88 valence electrons. The van der Waals surface area contributed by atoms with Crippen LogP contribution in [0.3, 0.4) is 0 Å². The van der Waals surface area contributed by atoms with Crippen LogP contribution in [0.2, 0.25) is 0 Å². The Morgan fingerprint density at radius 3 is 2.88 bits per heavy atom. The highest BCUT2D eigenvalue weighted by atomic mass is 32.2. The smallest absolute Gasteiger partial charge is 0.0248 e. The molecule has 0 saturated heterocycles. The second-order valence-electron chi connectivity index (χ2n) is 4.52. The molecule has 1 aliphatic carbocycles. The van der Waals surface area contributed by atoms with Gasteiger partial charge in [-0.15, -0.1) is 11.8 Å². The monoisotopic (exact) mass is 235 g/mol. The molecule has 16 heavy (non-hydrogen) atoms. The first-order valence-electron chi connectivity index (χ1n) is 6.27. The summed E-state index contributed by atoms with van der Waals surface area (Å²) in [4.78, 5) is 1.46. The van der Waals surface area contributed by atoms with Crippen molar-refractivity contribution in [1.29, 1.82) is 0 Å². The van der Waals surface area contributed by atoms with E-state index in [0.717, 1.165) is 17.8 Å². The molecule has 0 amide bonds. The molecule has 1 fully saturated rings. The molecule has 0 aliphatic heterocycles. The zero-order chi connectivity index (χ0) is 11.4. The van der Waals surface area contributed by atoms with Gasteiger partial charge in [-0.2, -0.15) is 0 Å². The first-order valence-corrected chi connectivity index (χ1v) is 7.15. The Kier molecular flexibility index (Phi) is 4.30. The molecule has 2 atom stereocenters. The van der Waals surface area contributed by atoms with Gasteiger partial charge < -0.3 is 5.32 Å². The van der Waals surface area contributed by atoms with Gasteiger partial charge in [0.25, 0.3) is 0 Å². The summed E-state index contributed by atoms with van der Waals surface area (Å²) in [6.07, 6.45) is 4.08. The minimum absolute atomic E-state index is 0.717. The van der Waals surface area contributed by atoms with Gasteiger partial charge in [0.05, 0.1) is 0 Å². The first kappa shape index (κ1) is 12.0. The number of aryl methyl sites for hydroxylation is 1. The Balaban J connectivity index is 2.01. The summed E-state index contributed by atoms with van der Waals surface area (Å²) in [6.45, 7) is 5.50. The van der Waals surface area contributed by atoms with Crippen LogP contribution in [-0.4, -0.2) is 17.8 Å². The minimum Gasteiger partial charge on any atom is -0.313 e. The summed E-state index contributed by atoms with van der Waals surface area (Å²) in [7, 11) is 0. The highest BCUT2D eigenvalue weighted by Gasteiger charge is 2.27. The fraction of sp³-hybridized carbons (Fsp3) is 0.571. The highest BCUT2D eigenvalue weighted by molar-refractivity contribution is 8.00. The molecule has 0 heterocycles. The van der Waals surface area contributed by atoms with Crippen molar-refractivity contribution in [2.45, 2.75) is 49.3 Å². The minimum atomic E-state index is 0.717. The standard InChI is InChI=1S/C14H21NS/c1-3-15-12-8-6-10-14(12)16-13-9-5-4-7-11(13)2/h4-5,7,9,12,14-15H,3,6,8,10H2,1-2H3. The Morgan fingerprint density at radius 2 is 2.12 bits per heavy atom. The molecule has 0 radical (unpaired) electrons. The quantitative estimate of drug-likeness (QED) is 0.855. The van der Waals surface area contributed by atoms with E-state index < -0.39 is 0 Å². The lowest BCUT2D eigenvalue weighted by Gasteiger charge is -2.20. The molecular weight excluding hydrogens is 214 g/mol. The van der Waals surface area contributed by atoms with E-state index >= 15 is 0 Å². The van der Waals surface area contributed by atoms with E-state index in [2.05, 4.69) is 55.2 Å². The van der Waals surface area contributed by atoms with E-state index in [-0.39, 0.29) is 0 Å². The number of hydrogen-bond acceptors (Lipinski definition) is 2. The average molecular weight is 235 g/mol. The van der Waals surface area contributed by atoms with Gasteiger partial charge in [-0.3, -0.25) is 0 Å². The molecule has 0 bridgehead atoms. The maximum absolute atomic E-state index is 3.61. The third-order valence-electron chi connectivity index (χ3n) is 3.29. The maximum Gasteiger partial charge on any atom is 0.0248 e. The molecule has 1 saturated carbocycles. The zero-order valence-electron chi connectivity index (χ0n) is 10.2. The molecular formula is C14H21NS. The van der Waals surface area contributed by atoms with Gasteiger partial charge in [-0.05, 0) is 37.9 Å². The fourth-order valence-corrected chi connectivity index (χ4v) is 3.83. The third kappa shape index (κ3) is 2.80. The SMILES string of the molecule is CCNC1CCCC1Sc1ccccc1C. The normalized spacial score (nSPS) is 24.9. The Bertz CT molecular complexity index is 337. The van der Waals surface area contributed by atoms with Crippen LogP contribution in [0.15, 0.2) is 29.2 Å². The molecule has 0 aromatic heterocycles. The second-order valence-corrected chi connectivity index (χ2v) is 5.80. The predicted molar refractivity (Wildman–Crippen MR) is 72.1 cm³/mol. The van der Waals surface area contributed by atoms with Gasteiger partial charge >= 0.3 is 0 Å². The summed E-state index contributed by atoms with van der Waals surface area (Å²) in [5.41, 5.74) is 1.41. The highest BCUT2D eigenvalue weighted by Crippen LogP contribution is 2.36. The largest absolute Gasteiger partial charge is 0.313 e. The third-order valence-corrected chi connectivity index (χ3v) is 4.87. The average Bonchev–Trinajstić information content (AvgIpc) is 2.70. The molecule has 2 unspecified atom stereocenters. The van der Waals surface area contributed by atoms with Gasteiger partial charge in [-0.1, -0.05) is 31.5 Å². The predicted octanol–water partition coefficient (Wildman–Crippen LogP) is 3.62. The lowest BCUT2D eigenvalue weighted by molar-refractivity contribution is 0.551. The topological polar surface area (TPSA) is 12.0 Å². The van der Waals surface area contributed by atoms with E-state index in [1.807, 2.05) is 0 Å². The molecule has 0 spiro atoms. The van der Waals surface area contributed by atoms with Crippen LogP contribution in [0.1, 0.15) is 31.7 Å². The van der Waals surface area contributed by atoms with Crippen LogP contribution < -0.4 is 5.32 Å². The molecule has 1 N–H and O–H groups in total. The van der Waals surface area contributed by atoms with Gasteiger partial charge in [0.2, 0.25) is 0 Å². The van der Waals surface area contributed by atoms with Crippen molar-refractivity contribution >= 4 is 11.8 Å². The molecule has 1 aromatic carbocycles. The number of nitrogens with one attached hydrogen (secondary N) is 1.